The maximum atomic E-state index is 12.5. The second-order valence-corrected chi connectivity index (χ2v) is 7.56. The lowest BCUT2D eigenvalue weighted by atomic mass is 10.2. The molecule has 0 aliphatic rings. The van der Waals surface area contributed by atoms with Gasteiger partial charge in [0.2, 0.25) is 15.9 Å². The third-order valence-corrected chi connectivity index (χ3v) is 4.90. The number of pyridine rings is 1. The standard InChI is InChI=1S/C18H23N3O4S/c1-4-25-17-10-8-16(9-11-17)21(26(3,23)24)14(2)18(22)20-13-15-7-5-6-12-19-15/h5-12,14H,4,13H2,1-3H3,(H,20,22). The van der Waals surface area contributed by atoms with Crippen molar-refractivity contribution in [3.63, 3.8) is 0 Å². The predicted molar refractivity (Wildman–Crippen MR) is 100 cm³/mol. The molecule has 0 saturated heterocycles. The molecular weight excluding hydrogens is 354 g/mol. The van der Waals surface area contributed by atoms with Crippen LogP contribution >= 0.6 is 0 Å². The van der Waals surface area contributed by atoms with Crippen molar-refractivity contribution in [2.75, 3.05) is 17.2 Å². The van der Waals surface area contributed by atoms with Gasteiger partial charge >= 0.3 is 0 Å². The molecule has 1 aromatic carbocycles. The zero-order valence-electron chi connectivity index (χ0n) is 15.0. The molecule has 1 atom stereocenters. The highest BCUT2D eigenvalue weighted by molar-refractivity contribution is 7.92. The number of sulfonamides is 1. The van der Waals surface area contributed by atoms with Crippen LogP contribution in [0.3, 0.4) is 0 Å². The average Bonchev–Trinajstić information content (AvgIpc) is 2.61. The first kappa shape index (κ1) is 19.7. The van der Waals surface area contributed by atoms with Crippen LogP contribution in [0.2, 0.25) is 0 Å². The Labute approximate surface area is 154 Å². The quantitative estimate of drug-likeness (QED) is 0.760. The predicted octanol–water partition coefficient (Wildman–Crippen LogP) is 1.95. The van der Waals surface area contributed by atoms with Crippen LogP contribution in [-0.4, -0.2) is 38.2 Å². The number of nitrogens with zero attached hydrogens (tertiary/aromatic N) is 2. The number of aromatic nitrogens is 1. The normalized spacial score (nSPS) is 12.3. The summed E-state index contributed by atoms with van der Waals surface area (Å²) in [6.45, 7) is 4.16. The molecule has 1 unspecified atom stereocenters. The number of nitrogens with one attached hydrogen (secondary N) is 1. The van der Waals surface area contributed by atoms with E-state index >= 15 is 0 Å². The van der Waals surface area contributed by atoms with E-state index in [0.29, 0.717) is 23.7 Å². The molecule has 7 nitrogen and oxygen atoms in total. The summed E-state index contributed by atoms with van der Waals surface area (Å²) >= 11 is 0. The van der Waals surface area contributed by atoms with Crippen molar-refractivity contribution in [2.45, 2.75) is 26.4 Å². The van der Waals surface area contributed by atoms with E-state index in [-0.39, 0.29) is 6.54 Å². The van der Waals surface area contributed by atoms with Crippen LogP contribution in [0, 0.1) is 0 Å². The van der Waals surface area contributed by atoms with Crippen LogP contribution in [0.1, 0.15) is 19.5 Å². The molecule has 1 heterocycles. The molecule has 2 aromatic rings. The lowest BCUT2D eigenvalue weighted by molar-refractivity contribution is -0.122. The molecular formula is C18H23N3O4S. The van der Waals surface area contributed by atoms with Crippen molar-refractivity contribution >= 4 is 21.6 Å². The molecule has 0 saturated carbocycles. The monoisotopic (exact) mass is 377 g/mol. The molecule has 0 fully saturated rings. The van der Waals surface area contributed by atoms with Gasteiger partial charge in [0.25, 0.3) is 0 Å². The Balaban J connectivity index is 2.16. The third kappa shape index (κ3) is 5.19. The lowest BCUT2D eigenvalue weighted by Gasteiger charge is -2.28. The van der Waals surface area contributed by atoms with Crippen LogP contribution in [0.25, 0.3) is 0 Å². The van der Waals surface area contributed by atoms with Gasteiger partial charge in [0.15, 0.2) is 0 Å². The van der Waals surface area contributed by atoms with Crippen molar-refractivity contribution in [3.8, 4) is 5.75 Å². The molecule has 0 spiro atoms. The average molecular weight is 377 g/mol. The summed E-state index contributed by atoms with van der Waals surface area (Å²) in [6.07, 6.45) is 2.71. The van der Waals surface area contributed by atoms with Crippen LogP contribution in [0.5, 0.6) is 5.75 Å². The number of carbonyl (C=O) groups is 1. The summed E-state index contributed by atoms with van der Waals surface area (Å²) in [5, 5.41) is 2.72. The van der Waals surface area contributed by atoms with Gasteiger partial charge in [-0.25, -0.2) is 8.42 Å². The number of rotatable bonds is 8. The molecule has 26 heavy (non-hydrogen) atoms. The van der Waals surface area contributed by atoms with Crippen LogP contribution in [-0.2, 0) is 21.4 Å². The van der Waals surface area contributed by atoms with Gasteiger partial charge in [0.05, 0.1) is 30.8 Å². The zero-order chi connectivity index (χ0) is 19.2. The number of hydrogen-bond donors (Lipinski definition) is 1. The van der Waals surface area contributed by atoms with Gasteiger partial charge in [-0.1, -0.05) is 6.07 Å². The highest BCUT2D eigenvalue weighted by Crippen LogP contribution is 2.24. The fourth-order valence-corrected chi connectivity index (χ4v) is 3.67. The summed E-state index contributed by atoms with van der Waals surface area (Å²) in [5.41, 5.74) is 1.09. The van der Waals surface area contributed by atoms with E-state index in [1.54, 1.807) is 49.5 Å². The SMILES string of the molecule is CCOc1ccc(N(C(C)C(=O)NCc2ccccn2)S(C)(=O)=O)cc1. The number of ether oxygens (including phenoxy) is 1. The first-order chi connectivity index (χ1) is 12.3. The van der Waals surface area contributed by atoms with Crippen molar-refractivity contribution in [1.82, 2.24) is 10.3 Å². The van der Waals surface area contributed by atoms with E-state index in [1.807, 2.05) is 13.0 Å². The Bertz CT molecular complexity index is 823. The van der Waals surface area contributed by atoms with Gasteiger partial charge in [-0.3, -0.25) is 14.1 Å². The Morgan fingerprint density at radius 1 is 1.23 bits per heavy atom. The van der Waals surface area contributed by atoms with Gasteiger partial charge in [-0.15, -0.1) is 0 Å². The Hall–Kier alpha value is -2.61. The number of carbonyl (C=O) groups excluding carboxylic acids is 1. The van der Waals surface area contributed by atoms with Gasteiger partial charge in [-0.05, 0) is 50.2 Å². The molecule has 0 radical (unpaired) electrons. The first-order valence-electron chi connectivity index (χ1n) is 8.22. The zero-order valence-corrected chi connectivity index (χ0v) is 15.9. The van der Waals surface area contributed by atoms with Gasteiger partial charge in [-0.2, -0.15) is 0 Å². The molecule has 0 bridgehead atoms. The summed E-state index contributed by atoms with van der Waals surface area (Å²) in [7, 11) is -3.65. The maximum absolute atomic E-state index is 12.5. The van der Waals surface area contributed by atoms with Crippen LogP contribution in [0.4, 0.5) is 5.69 Å². The van der Waals surface area contributed by atoms with Crippen LogP contribution in [0.15, 0.2) is 48.7 Å². The van der Waals surface area contributed by atoms with Crippen molar-refractivity contribution in [1.29, 1.82) is 0 Å². The van der Waals surface area contributed by atoms with E-state index in [4.69, 9.17) is 4.74 Å². The Morgan fingerprint density at radius 3 is 2.46 bits per heavy atom. The minimum absolute atomic E-state index is 0.227. The van der Waals surface area contributed by atoms with Gasteiger partial charge in [0.1, 0.15) is 11.8 Å². The third-order valence-electron chi connectivity index (χ3n) is 3.66. The molecule has 1 N–H and O–H groups in total. The molecule has 1 aromatic heterocycles. The van der Waals surface area contributed by atoms with Crippen LogP contribution < -0.4 is 14.4 Å². The number of hydrogen-bond acceptors (Lipinski definition) is 5. The second kappa shape index (κ2) is 8.66. The van der Waals surface area contributed by atoms with Crippen molar-refractivity contribution in [2.24, 2.45) is 0 Å². The largest absolute Gasteiger partial charge is 0.494 e. The summed E-state index contributed by atoms with van der Waals surface area (Å²) in [5.74, 6) is 0.229. The molecule has 2 rings (SSSR count). The first-order valence-corrected chi connectivity index (χ1v) is 10.1. The van der Waals surface area contributed by atoms with Crippen molar-refractivity contribution < 1.29 is 17.9 Å². The van der Waals surface area contributed by atoms with E-state index < -0.39 is 22.0 Å². The van der Waals surface area contributed by atoms with E-state index in [2.05, 4.69) is 10.3 Å². The molecule has 0 aliphatic carbocycles. The van der Waals surface area contributed by atoms with Gasteiger partial charge in [0, 0.05) is 6.20 Å². The molecule has 1 amide bonds. The fourth-order valence-electron chi connectivity index (χ4n) is 2.49. The Morgan fingerprint density at radius 2 is 1.92 bits per heavy atom. The fraction of sp³-hybridized carbons (Fsp3) is 0.333. The minimum Gasteiger partial charge on any atom is -0.494 e. The van der Waals surface area contributed by atoms with E-state index in [0.717, 1.165) is 10.6 Å². The summed E-state index contributed by atoms with van der Waals surface area (Å²) in [6, 6.07) is 11.1. The highest BCUT2D eigenvalue weighted by atomic mass is 32.2. The molecule has 8 heteroatoms. The smallest absolute Gasteiger partial charge is 0.243 e. The minimum atomic E-state index is -3.65. The van der Waals surface area contributed by atoms with Gasteiger partial charge < -0.3 is 10.1 Å². The van der Waals surface area contributed by atoms with E-state index in [1.165, 1.54) is 0 Å². The van der Waals surface area contributed by atoms with Crippen molar-refractivity contribution in [3.05, 3.63) is 54.4 Å². The maximum Gasteiger partial charge on any atom is 0.243 e. The Kier molecular flexibility index (Phi) is 6.57. The number of amides is 1. The summed E-state index contributed by atoms with van der Waals surface area (Å²) < 4.78 is 31.0. The molecule has 0 aliphatic heterocycles. The highest BCUT2D eigenvalue weighted by Gasteiger charge is 2.29. The number of anilines is 1. The topological polar surface area (TPSA) is 88.6 Å². The second-order valence-electron chi connectivity index (χ2n) is 5.70. The molecule has 140 valence electrons. The summed E-state index contributed by atoms with van der Waals surface area (Å²) in [4.78, 5) is 16.6. The lowest BCUT2D eigenvalue weighted by Crippen LogP contribution is -2.47. The van der Waals surface area contributed by atoms with E-state index in [9.17, 15) is 13.2 Å². The number of benzene rings is 1.